The molecule has 0 spiro atoms. The third-order valence-corrected chi connectivity index (χ3v) is 6.03. The van der Waals surface area contributed by atoms with Crippen LogP contribution in [0, 0.1) is 0 Å². The number of hydrogen-bond acceptors (Lipinski definition) is 6. The van der Waals surface area contributed by atoms with Crippen molar-refractivity contribution in [3.05, 3.63) is 49.1 Å². The molecule has 1 aromatic heterocycles. The summed E-state index contributed by atoms with van der Waals surface area (Å²) in [4.78, 5) is 11.1. The fourth-order valence-electron chi connectivity index (χ4n) is 2.86. The van der Waals surface area contributed by atoms with Crippen LogP contribution in [0.25, 0.3) is 11.3 Å². The molecule has 1 saturated heterocycles. The fraction of sp³-hybridized carbons (Fsp3) is 0.333. The van der Waals surface area contributed by atoms with E-state index in [0.717, 1.165) is 11.3 Å². The molecule has 1 atom stereocenters. The third kappa shape index (κ3) is 4.17. The molecular formula is C18H22N4O2S. The predicted octanol–water partition coefficient (Wildman–Crippen LogP) is 2.36. The van der Waals surface area contributed by atoms with Crippen molar-refractivity contribution in [1.29, 1.82) is 0 Å². The SMILES string of the molecule is C=CCNc1cc(-c2ccccc2)nc(N(C)C2CCS(=O)(=O)C2)n1. The lowest BCUT2D eigenvalue weighted by Crippen LogP contribution is -2.34. The molecule has 1 aliphatic rings. The maximum Gasteiger partial charge on any atom is 0.227 e. The van der Waals surface area contributed by atoms with Crippen molar-refractivity contribution in [2.24, 2.45) is 0 Å². The summed E-state index contributed by atoms with van der Waals surface area (Å²) in [5.41, 5.74) is 1.78. The lowest BCUT2D eigenvalue weighted by Gasteiger charge is -2.24. The van der Waals surface area contributed by atoms with Gasteiger partial charge in [0.05, 0.1) is 17.2 Å². The summed E-state index contributed by atoms with van der Waals surface area (Å²) >= 11 is 0. The van der Waals surface area contributed by atoms with Gasteiger partial charge in [-0.2, -0.15) is 4.98 Å². The minimum atomic E-state index is -2.96. The van der Waals surface area contributed by atoms with E-state index in [4.69, 9.17) is 0 Å². The third-order valence-electron chi connectivity index (χ3n) is 4.28. The van der Waals surface area contributed by atoms with Crippen molar-refractivity contribution in [2.45, 2.75) is 12.5 Å². The highest BCUT2D eigenvalue weighted by atomic mass is 32.2. The van der Waals surface area contributed by atoms with Gasteiger partial charge in [0.1, 0.15) is 5.82 Å². The zero-order valence-corrected chi connectivity index (χ0v) is 15.0. The van der Waals surface area contributed by atoms with Crippen LogP contribution in [0.1, 0.15) is 6.42 Å². The first-order valence-corrected chi connectivity index (χ1v) is 10.0. The van der Waals surface area contributed by atoms with Crippen molar-refractivity contribution in [3.8, 4) is 11.3 Å². The van der Waals surface area contributed by atoms with Crippen molar-refractivity contribution >= 4 is 21.6 Å². The maximum absolute atomic E-state index is 11.8. The molecule has 0 bridgehead atoms. The molecule has 1 aromatic carbocycles. The summed E-state index contributed by atoms with van der Waals surface area (Å²) in [6.45, 7) is 4.30. The Morgan fingerprint density at radius 2 is 2.08 bits per heavy atom. The number of hydrogen-bond donors (Lipinski definition) is 1. The van der Waals surface area contributed by atoms with E-state index in [9.17, 15) is 8.42 Å². The van der Waals surface area contributed by atoms with Gasteiger partial charge in [0, 0.05) is 31.3 Å². The summed E-state index contributed by atoms with van der Waals surface area (Å²) in [6.07, 6.45) is 2.37. The predicted molar refractivity (Wildman–Crippen MR) is 102 cm³/mol. The van der Waals surface area contributed by atoms with E-state index >= 15 is 0 Å². The van der Waals surface area contributed by atoms with Crippen molar-refractivity contribution < 1.29 is 8.42 Å². The summed E-state index contributed by atoms with van der Waals surface area (Å²) in [7, 11) is -1.11. The molecule has 2 heterocycles. The molecule has 25 heavy (non-hydrogen) atoms. The second-order valence-electron chi connectivity index (χ2n) is 6.14. The van der Waals surface area contributed by atoms with E-state index in [1.165, 1.54) is 0 Å². The van der Waals surface area contributed by atoms with E-state index in [1.807, 2.05) is 48.3 Å². The second kappa shape index (κ2) is 7.23. The van der Waals surface area contributed by atoms with Crippen LogP contribution in [-0.4, -0.2) is 49.5 Å². The van der Waals surface area contributed by atoms with E-state index in [2.05, 4.69) is 21.9 Å². The first-order chi connectivity index (χ1) is 12.0. The number of anilines is 2. The van der Waals surface area contributed by atoms with Gasteiger partial charge in [-0.05, 0) is 6.42 Å². The first-order valence-electron chi connectivity index (χ1n) is 8.21. The van der Waals surface area contributed by atoms with Crippen LogP contribution in [0.3, 0.4) is 0 Å². The largest absolute Gasteiger partial charge is 0.366 e. The highest BCUT2D eigenvalue weighted by Crippen LogP contribution is 2.25. The van der Waals surface area contributed by atoms with Crippen molar-refractivity contribution in [3.63, 3.8) is 0 Å². The Kier molecular flexibility index (Phi) is 5.03. The molecular weight excluding hydrogens is 336 g/mol. The average molecular weight is 358 g/mol. The number of nitrogens with zero attached hydrogens (tertiary/aromatic N) is 3. The summed E-state index contributed by atoms with van der Waals surface area (Å²) < 4.78 is 23.6. The lowest BCUT2D eigenvalue weighted by molar-refractivity contribution is 0.600. The molecule has 3 rings (SSSR count). The molecule has 1 fully saturated rings. The topological polar surface area (TPSA) is 75.2 Å². The van der Waals surface area contributed by atoms with Crippen LogP contribution in [0.15, 0.2) is 49.1 Å². The molecule has 0 amide bonds. The molecule has 1 aliphatic heterocycles. The van der Waals surface area contributed by atoms with Crippen LogP contribution in [0.2, 0.25) is 0 Å². The zero-order chi connectivity index (χ0) is 17.9. The Balaban J connectivity index is 1.95. The second-order valence-corrected chi connectivity index (χ2v) is 8.37. The molecule has 1 unspecified atom stereocenters. The van der Waals surface area contributed by atoms with E-state index in [-0.39, 0.29) is 17.5 Å². The minimum absolute atomic E-state index is 0.0942. The van der Waals surface area contributed by atoms with Gasteiger partial charge in [0.25, 0.3) is 0 Å². The standard InChI is InChI=1S/C18H22N4O2S/c1-3-10-19-17-12-16(14-7-5-4-6-8-14)20-18(21-17)22(2)15-9-11-25(23,24)13-15/h3-8,12,15H,1,9-11,13H2,2H3,(H,19,20,21). The summed E-state index contributed by atoms with van der Waals surface area (Å²) in [6, 6.07) is 11.7. The number of aromatic nitrogens is 2. The Hall–Kier alpha value is -2.41. The number of rotatable bonds is 6. The van der Waals surface area contributed by atoms with Gasteiger partial charge in [-0.15, -0.1) is 6.58 Å². The number of sulfone groups is 1. The maximum atomic E-state index is 11.8. The molecule has 0 aliphatic carbocycles. The number of nitrogens with one attached hydrogen (secondary N) is 1. The van der Waals surface area contributed by atoms with Gasteiger partial charge in [-0.3, -0.25) is 0 Å². The van der Waals surface area contributed by atoms with Gasteiger partial charge in [-0.25, -0.2) is 13.4 Å². The molecule has 2 aromatic rings. The quantitative estimate of drug-likeness (QED) is 0.799. The smallest absolute Gasteiger partial charge is 0.227 e. The van der Waals surface area contributed by atoms with Gasteiger partial charge < -0.3 is 10.2 Å². The minimum Gasteiger partial charge on any atom is -0.366 e. The molecule has 0 saturated carbocycles. The fourth-order valence-corrected chi connectivity index (χ4v) is 4.63. The molecule has 7 heteroatoms. The zero-order valence-electron chi connectivity index (χ0n) is 14.2. The summed E-state index contributed by atoms with van der Waals surface area (Å²) in [5, 5.41) is 3.19. The average Bonchev–Trinajstić information content (AvgIpc) is 2.99. The monoisotopic (exact) mass is 358 g/mol. The van der Waals surface area contributed by atoms with E-state index < -0.39 is 9.84 Å². The molecule has 1 N–H and O–H groups in total. The Labute approximate surface area is 148 Å². The molecule has 0 radical (unpaired) electrons. The number of benzene rings is 1. The summed E-state index contributed by atoms with van der Waals surface area (Å²) in [5.74, 6) is 1.59. The van der Waals surface area contributed by atoms with E-state index in [1.54, 1.807) is 6.08 Å². The molecule has 132 valence electrons. The first kappa shape index (κ1) is 17.4. The van der Waals surface area contributed by atoms with Crippen molar-refractivity contribution in [1.82, 2.24) is 9.97 Å². The van der Waals surface area contributed by atoms with Crippen LogP contribution in [-0.2, 0) is 9.84 Å². The van der Waals surface area contributed by atoms with Gasteiger partial charge in [0.15, 0.2) is 9.84 Å². The van der Waals surface area contributed by atoms with Crippen LogP contribution in [0.5, 0.6) is 0 Å². The lowest BCUT2D eigenvalue weighted by atomic mass is 10.1. The Morgan fingerprint density at radius 3 is 2.72 bits per heavy atom. The Morgan fingerprint density at radius 1 is 1.32 bits per heavy atom. The van der Waals surface area contributed by atoms with Gasteiger partial charge in [0.2, 0.25) is 5.95 Å². The van der Waals surface area contributed by atoms with Gasteiger partial charge >= 0.3 is 0 Å². The normalized spacial score (nSPS) is 18.7. The molecule has 6 nitrogen and oxygen atoms in total. The van der Waals surface area contributed by atoms with Gasteiger partial charge in [-0.1, -0.05) is 36.4 Å². The van der Waals surface area contributed by atoms with E-state index in [0.29, 0.717) is 24.7 Å². The van der Waals surface area contributed by atoms with Crippen LogP contribution < -0.4 is 10.2 Å². The highest BCUT2D eigenvalue weighted by molar-refractivity contribution is 7.91. The van der Waals surface area contributed by atoms with Crippen LogP contribution >= 0.6 is 0 Å². The Bertz CT molecular complexity index is 853. The highest BCUT2D eigenvalue weighted by Gasteiger charge is 2.32. The van der Waals surface area contributed by atoms with Crippen molar-refractivity contribution in [2.75, 3.05) is 35.3 Å². The van der Waals surface area contributed by atoms with Crippen LogP contribution in [0.4, 0.5) is 11.8 Å².